The quantitative estimate of drug-likeness (QED) is 0.757. The molecule has 0 atom stereocenters. The zero-order valence-corrected chi connectivity index (χ0v) is 14.4. The highest BCUT2D eigenvalue weighted by atomic mass is 16.1. The fourth-order valence-corrected chi connectivity index (χ4v) is 2.93. The molecule has 130 valence electrons. The van der Waals surface area contributed by atoms with Crippen LogP contribution in [0.5, 0.6) is 0 Å². The number of hydrogen-bond donors (Lipinski definition) is 2. The molecule has 0 aliphatic heterocycles. The largest absolute Gasteiger partial charge is 0.378 e. The van der Waals surface area contributed by atoms with Gasteiger partial charge < -0.3 is 10.6 Å². The molecule has 0 bridgehead atoms. The minimum atomic E-state index is -0.0783. The van der Waals surface area contributed by atoms with Crippen molar-refractivity contribution in [3.63, 3.8) is 0 Å². The molecule has 2 heterocycles. The predicted octanol–water partition coefficient (Wildman–Crippen LogP) is 3.71. The zero-order valence-electron chi connectivity index (χ0n) is 14.4. The van der Waals surface area contributed by atoms with Gasteiger partial charge in [0.15, 0.2) is 0 Å². The Bertz CT molecular complexity index is 727. The highest BCUT2D eigenvalue weighted by Crippen LogP contribution is 2.19. The van der Waals surface area contributed by atoms with Crippen LogP contribution in [0, 0.1) is 0 Å². The van der Waals surface area contributed by atoms with E-state index in [4.69, 9.17) is 0 Å². The van der Waals surface area contributed by atoms with Gasteiger partial charge in [0.1, 0.15) is 0 Å². The van der Waals surface area contributed by atoms with E-state index in [2.05, 4.69) is 26.7 Å². The van der Waals surface area contributed by atoms with Crippen molar-refractivity contribution in [2.24, 2.45) is 0 Å². The fraction of sp³-hybridized carbons (Fsp3) is 0.350. The summed E-state index contributed by atoms with van der Waals surface area (Å²) >= 11 is 0. The molecular weight excluding hydrogens is 312 g/mol. The number of pyridine rings is 2. The van der Waals surface area contributed by atoms with Crippen molar-refractivity contribution in [3.8, 4) is 0 Å². The van der Waals surface area contributed by atoms with Gasteiger partial charge >= 0.3 is 0 Å². The molecular formula is C20H24N4O. The van der Waals surface area contributed by atoms with Crippen molar-refractivity contribution in [2.45, 2.75) is 38.6 Å². The van der Waals surface area contributed by atoms with Gasteiger partial charge in [0, 0.05) is 25.1 Å². The maximum Gasteiger partial charge on any atom is 0.252 e. The van der Waals surface area contributed by atoms with Crippen LogP contribution in [0.25, 0.3) is 0 Å². The number of aromatic nitrogens is 2. The molecule has 1 amide bonds. The predicted molar refractivity (Wildman–Crippen MR) is 99.3 cm³/mol. The lowest BCUT2D eigenvalue weighted by atomic mass is 9.97. The van der Waals surface area contributed by atoms with E-state index in [9.17, 15) is 4.79 Å². The number of anilines is 1. The van der Waals surface area contributed by atoms with Crippen molar-refractivity contribution < 1.29 is 4.79 Å². The van der Waals surface area contributed by atoms with Gasteiger partial charge in [-0.2, -0.15) is 0 Å². The second-order valence-electron chi connectivity index (χ2n) is 6.25. The third-order valence-corrected chi connectivity index (χ3v) is 4.32. The standard InChI is InChI=1S/C20H24N4O/c25-20(23-11-9-16-6-2-1-3-7-16)17-12-19(14-21-13-17)24-15-18-8-4-5-10-22-18/h4-6,8,10,12-14,24H,1-3,7,9,11,15H2,(H,23,25). The van der Waals surface area contributed by atoms with Crippen LogP contribution in [-0.4, -0.2) is 22.4 Å². The third-order valence-electron chi connectivity index (χ3n) is 4.32. The third kappa shape index (κ3) is 5.41. The molecule has 0 radical (unpaired) electrons. The maximum absolute atomic E-state index is 12.3. The number of nitrogens with one attached hydrogen (secondary N) is 2. The molecule has 2 aromatic heterocycles. The second-order valence-corrected chi connectivity index (χ2v) is 6.25. The summed E-state index contributed by atoms with van der Waals surface area (Å²) in [4.78, 5) is 20.7. The average molecular weight is 336 g/mol. The van der Waals surface area contributed by atoms with Crippen LogP contribution in [-0.2, 0) is 6.54 Å². The van der Waals surface area contributed by atoms with E-state index >= 15 is 0 Å². The average Bonchev–Trinajstić information content (AvgIpc) is 2.68. The summed E-state index contributed by atoms with van der Waals surface area (Å²) in [5, 5.41) is 6.24. The Kier molecular flexibility index (Phi) is 6.15. The number of carbonyl (C=O) groups is 1. The Morgan fingerprint density at radius 2 is 2.16 bits per heavy atom. The van der Waals surface area contributed by atoms with E-state index in [1.54, 1.807) is 18.6 Å². The lowest BCUT2D eigenvalue weighted by molar-refractivity contribution is 0.0953. The first-order chi connectivity index (χ1) is 12.3. The lowest BCUT2D eigenvalue weighted by Gasteiger charge is -2.13. The summed E-state index contributed by atoms with van der Waals surface area (Å²) in [6.07, 6.45) is 13.2. The minimum absolute atomic E-state index is 0.0783. The lowest BCUT2D eigenvalue weighted by Crippen LogP contribution is -2.25. The van der Waals surface area contributed by atoms with Gasteiger partial charge in [-0.05, 0) is 50.3 Å². The summed E-state index contributed by atoms with van der Waals surface area (Å²) in [5.41, 5.74) is 3.80. The summed E-state index contributed by atoms with van der Waals surface area (Å²) in [7, 11) is 0. The summed E-state index contributed by atoms with van der Waals surface area (Å²) in [6.45, 7) is 1.28. The molecule has 0 saturated carbocycles. The molecule has 2 N–H and O–H groups in total. The van der Waals surface area contributed by atoms with Crippen molar-refractivity contribution in [1.82, 2.24) is 15.3 Å². The molecule has 5 nitrogen and oxygen atoms in total. The van der Waals surface area contributed by atoms with Crippen LogP contribution in [0.15, 0.2) is 54.5 Å². The molecule has 0 spiro atoms. The fourth-order valence-electron chi connectivity index (χ4n) is 2.93. The Labute approximate surface area is 148 Å². The van der Waals surface area contributed by atoms with Gasteiger partial charge in [0.25, 0.3) is 5.91 Å². The molecule has 1 aliphatic carbocycles. The Morgan fingerprint density at radius 3 is 2.96 bits per heavy atom. The first-order valence-corrected chi connectivity index (χ1v) is 8.86. The number of carbonyl (C=O) groups excluding carboxylic acids is 1. The van der Waals surface area contributed by atoms with E-state index in [1.807, 2.05) is 24.3 Å². The first-order valence-electron chi connectivity index (χ1n) is 8.86. The molecule has 0 unspecified atom stereocenters. The molecule has 1 aliphatic rings. The molecule has 0 aromatic carbocycles. The molecule has 25 heavy (non-hydrogen) atoms. The van der Waals surface area contributed by atoms with E-state index in [1.165, 1.54) is 31.3 Å². The number of hydrogen-bond acceptors (Lipinski definition) is 4. The monoisotopic (exact) mass is 336 g/mol. The molecule has 2 aromatic rings. The zero-order chi connectivity index (χ0) is 17.3. The van der Waals surface area contributed by atoms with E-state index in [0.717, 1.165) is 17.8 Å². The van der Waals surface area contributed by atoms with Crippen LogP contribution in [0.2, 0.25) is 0 Å². The topological polar surface area (TPSA) is 66.9 Å². The number of rotatable bonds is 7. The highest BCUT2D eigenvalue weighted by Gasteiger charge is 2.08. The van der Waals surface area contributed by atoms with Crippen molar-refractivity contribution in [3.05, 3.63) is 65.8 Å². The molecule has 0 fully saturated rings. The Hall–Kier alpha value is -2.69. The summed E-state index contributed by atoms with van der Waals surface area (Å²) < 4.78 is 0. The van der Waals surface area contributed by atoms with Gasteiger partial charge in [0.05, 0.1) is 23.5 Å². The second kappa shape index (κ2) is 8.97. The van der Waals surface area contributed by atoms with Gasteiger partial charge in [-0.15, -0.1) is 0 Å². The maximum atomic E-state index is 12.3. The highest BCUT2D eigenvalue weighted by molar-refractivity contribution is 5.94. The van der Waals surface area contributed by atoms with E-state index < -0.39 is 0 Å². The Morgan fingerprint density at radius 1 is 1.20 bits per heavy atom. The van der Waals surface area contributed by atoms with Crippen LogP contribution in [0.3, 0.4) is 0 Å². The summed E-state index contributed by atoms with van der Waals surface area (Å²) in [6, 6.07) is 7.62. The molecule has 3 rings (SSSR count). The van der Waals surface area contributed by atoms with Crippen molar-refractivity contribution in [2.75, 3.05) is 11.9 Å². The Balaban J connectivity index is 1.49. The molecule has 5 heteroatoms. The van der Waals surface area contributed by atoms with E-state index in [-0.39, 0.29) is 5.91 Å². The van der Waals surface area contributed by atoms with Crippen LogP contribution in [0.1, 0.15) is 48.2 Å². The molecule has 0 saturated heterocycles. The van der Waals surface area contributed by atoms with Crippen LogP contribution < -0.4 is 10.6 Å². The van der Waals surface area contributed by atoms with E-state index in [0.29, 0.717) is 18.7 Å². The van der Waals surface area contributed by atoms with Gasteiger partial charge in [-0.3, -0.25) is 14.8 Å². The van der Waals surface area contributed by atoms with Crippen molar-refractivity contribution in [1.29, 1.82) is 0 Å². The number of nitrogens with zero attached hydrogens (tertiary/aromatic N) is 2. The first kappa shape index (κ1) is 17.1. The summed E-state index contributed by atoms with van der Waals surface area (Å²) in [5.74, 6) is -0.0783. The van der Waals surface area contributed by atoms with Crippen LogP contribution >= 0.6 is 0 Å². The minimum Gasteiger partial charge on any atom is -0.378 e. The number of allylic oxidation sites excluding steroid dienone is 1. The van der Waals surface area contributed by atoms with Gasteiger partial charge in [-0.1, -0.05) is 17.7 Å². The van der Waals surface area contributed by atoms with Gasteiger partial charge in [0.2, 0.25) is 0 Å². The SMILES string of the molecule is O=C(NCCC1=CCCCC1)c1cncc(NCc2ccccn2)c1. The normalized spacial score (nSPS) is 13.8. The van der Waals surface area contributed by atoms with Gasteiger partial charge in [-0.25, -0.2) is 0 Å². The van der Waals surface area contributed by atoms with Crippen molar-refractivity contribution >= 4 is 11.6 Å². The number of amides is 1. The smallest absolute Gasteiger partial charge is 0.252 e. The van der Waals surface area contributed by atoms with Crippen LogP contribution in [0.4, 0.5) is 5.69 Å².